The highest BCUT2D eigenvalue weighted by molar-refractivity contribution is 7.89. The maximum atomic E-state index is 12.4. The van der Waals surface area contributed by atoms with Gasteiger partial charge in [0.15, 0.2) is 0 Å². The fraction of sp³-hybridized carbons (Fsp3) is 0.312. The second kappa shape index (κ2) is 10.3. The Morgan fingerprint density at radius 3 is 2.59 bits per heavy atom. The van der Waals surface area contributed by atoms with E-state index in [1.54, 1.807) is 13.2 Å². The summed E-state index contributed by atoms with van der Waals surface area (Å²) >= 11 is 0. The molecule has 0 aliphatic heterocycles. The van der Waals surface area contributed by atoms with Crippen LogP contribution in [0.3, 0.4) is 0 Å². The van der Waals surface area contributed by atoms with Gasteiger partial charge in [-0.15, -0.1) is 12.4 Å². The fourth-order valence-corrected chi connectivity index (χ4v) is 2.91. The average molecular weight is 419 g/mol. The fourth-order valence-electron chi connectivity index (χ4n) is 2.15. The topological polar surface area (TPSA) is 136 Å². The van der Waals surface area contributed by atoms with Gasteiger partial charge in [0.2, 0.25) is 10.0 Å². The Kier molecular flexibility index (Phi) is 8.73. The van der Waals surface area contributed by atoms with Crippen LogP contribution in [0.1, 0.15) is 16.1 Å². The third-order valence-electron chi connectivity index (χ3n) is 3.56. The van der Waals surface area contributed by atoms with Crippen LogP contribution in [0.4, 0.5) is 11.4 Å². The number of benzene rings is 1. The van der Waals surface area contributed by atoms with E-state index in [-0.39, 0.29) is 29.4 Å². The lowest BCUT2D eigenvalue weighted by Gasteiger charge is -2.14. The molecule has 0 unspecified atom stereocenters. The van der Waals surface area contributed by atoms with Crippen LogP contribution in [0.25, 0.3) is 0 Å². The van der Waals surface area contributed by atoms with Gasteiger partial charge in [-0.25, -0.2) is 13.1 Å². The molecule has 5 N–H and O–H groups in total. The van der Waals surface area contributed by atoms with E-state index in [9.17, 15) is 13.2 Å². The molecule has 11 heteroatoms. The van der Waals surface area contributed by atoms with Crippen molar-refractivity contribution in [2.24, 2.45) is 5.73 Å². The molecule has 0 saturated carbocycles. The summed E-state index contributed by atoms with van der Waals surface area (Å²) in [5, 5.41) is 5.78. The third kappa shape index (κ3) is 5.94. The molecule has 0 aliphatic rings. The number of hydrogen-bond donors (Lipinski definition) is 4. The molecule has 1 aromatic heterocycles. The van der Waals surface area contributed by atoms with Crippen LogP contribution in [0, 0.1) is 0 Å². The van der Waals surface area contributed by atoms with Crippen LogP contribution in [0.2, 0.25) is 0 Å². The number of carbonyl (C=O) groups is 1. The number of halogens is 1. The highest BCUT2D eigenvalue weighted by Gasteiger charge is 2.17. The van der Waals surface area contributed by atoms with Gasteiger partial charge in [0.25, 0.3) is 5.91 Å². The van der Waals surface area contributed by atoms with Crippen molar-refractivity contribution in [3.05, 3.63) is 41.9 Å². The Labute approximate surface area is 164 Å². The van der Waals surface area contributed by atoms with Crippen molar-refractivity contribution in [1.29, 1.82) is 0 Å². The maximum Gasteiger partial charge on any atom is 0.258 e. The highest BCUT2D eigenvalue weighted by Crippen LogP contribution is 2.26. The Hall–Kier alpha value is -2.11. The van der Waals surface area contributed by atoms with Gasteiger partial charge in [-0.1, -0.05) is 0 Å². The minimum Gasteiger partial charge on any atom is -0.467 e. The average Bonchev–Trinajstić information content (AvgIpc) is 3.12. The SMILES string of the molecule is CNS(=O)(=O)c1ccc(NCCOC)c(NC(=O)c2coc(CN)c2)c1.Cl. The number of nitrogens with one attached hydrogen (secondary N) is 3. The zero-order valence-corrected chi connectivity index (χ0v) is 16.6. The van der Waals surface area contributed by atoms with E-state index < -0.39 is 15.9 Å². The Morgan fingerprint density at radius 1 is 1.26 bits per heavy atom. The summed E-state index contributed by atoms with van der Waals surface area (Å²) in [5.74, 6) is 0.0300. The molecule has 0 fully saturated rings. The quantitative estimate of drug-likeness (QED) is 0.451. The first-order chi connectivity index (χ1) is 12.4. The molecule has 0 radical (unpaired) electrons. The molecule has 0 aliphatic carbocycles. The molecule has 2 aromatic rings. The van der Waals surface area contributed by atoms with Gasteiger partial charge in [0.05, 0.1) is 35.0 Å². The van der Waals surface area contributed by atoms with Gasteiger partial charge >= 0.3 is 0 Å². The van der Waals surface area contributed by atoms with E-state index in [0.29, 0.717) is 30.3 Å². The third-order valence-corrected chi connectivity index (χ3v) is 4.97. The van der Waals surface area contributed by atoms with Crippen LogP contribution in [-0.2, 0) is 21.3 Å². The molecule has 150 valence electrons. The van der Waals surface area contributed by atoms with E-state index in [2.05, 4.69) is 15.4 Å². The number of nitrogens with two attached hydrogens (primary N) is 1. The van der Waals surface area contributed by atoms with E-state index in [4.69, 9.17) is 14.9 Å². The van der Waals surface area contributed by atoms with Crippen molar-refractivity contribution >= 4 is 39.7 Å². The monoisotopic (exact) mass is 418 g/mol. The summed E-state index contributed by atoms with van der Waals surface area (Å²) in [5.41, 5.74) is 6.64. The van der Waals surface area contributed by atoms with Crippen LogP contribution in [0.15, 0.2) is 39.8 Å². The number of rotatable bonds is 9. The zero-order valence-electron chi connectivity index (χ0n) is 14.9. The Balaban J connectivity index is 0.00000364. The maximum absolute atomic E-state index is 12.4. The van der Waals surface area contributed by atoms with Crippen LogP contribution >= 0.6 is 12.4 Å². The van der Waals surface area contributed by atoms with Gasteiger partial charge in [0.1, 0.15) is 12.0 Å². The predicted octanol–water partition coefficient (Wildman–Crippen LogP) is 1.38. The summed E-state index contributed by atoms with van der Waals surface area (Å²) in [6, 6.07) is 5.93. The van der Waals surface area contributed by atoms with Crippen molar-refractivity contribution in [2.75, 3.05) is 37.9 Å². The second-order valence-corrected chi connectivity index (χ2v) is 7.18. The van der Waals surface area contributed by atoms with Crippen molar-refractivity contribution in [1.82, 2.24) is 4.72 Å². The van der Waals surface area contributed by atoms with Crippen LogP contribution in [0.5, 0.6) is 0 Å². The van der Waals surface area contributed by atoms with Crippen LogP contribution in [-0.4, -0.2) is 41.6 Å². The largest absolute Gasteiger partial charge is 0.467 e. The number of anilines is 2. The van der Waals surface area contributed by atoms with Gasteiger partial charge in [-0.05, 0) is 31.3 Å². The molecule has 0 bridgehead atoms. The first-order valence-electron chi connectivity index (χ1n) is 7.80. The molecule has 0 saturated heterocycles. The van der Waals surface area contributed by atoms with Gasteiger partial charge in [-0.2, -0.15) is 0 Å². The highest BCUT2D eigenvalue weighted by atomic mass is 35.5. The molecule has 1 aromatic carbocycles. The summed E-state index contributed by atoms with van der Waals surface area (Å²) in [7, 11) is -0.764. The van der Waals surface area contributed by atoms with Crippen molar-refractivity contribution in [3.63, 3.8) is 0 Å². The summed E-state index contributed by atoms with van der Waals surface area (Å²) < 4.78 is 36.4. The number of hydrogen-bond acceptors (Lipinski definition) is 7. The van der Waals surface area contributed by atoms with E-state index >= 15 is 0 Å². The smallest absolute Gasteiger partial charge is 0.258 e. The first-order valence-corrected chi connectivity index (χ1v) is 9.29. The van der Waals surface area contributed by atoms with Gasteiger partial charge < -0.3 is 25.5 Å². The van der Waals surface area contributed by atoms with Gasteiger partial charge in [0, 0.05) is 13.7 Å². The second-order valence-electron chi connectivity index (χ2n) is 5.29. The molecule has 0 atom stereocenters. The lowest BCUT2D eigenvalue weighted by atomic mass is 10.2. The molecular weight excluding hydrogens is 396 g/mol. The summed E-state index contributed by atoms with van der Waals surface area (Å²) in [6.07, 6.45) is 1.30. The molecule has 9 nitrogen and oxygen atoms in total. The normalized spacial score (nSPS) is 10.9. The Morgan fingerprint density at radius 2 is 2.00 bits per heavy atom. The van der Waals surface area contributed by atoms with Crippen LogP contribution < -0.4 is 21.1 Å². The molecule has 1 amide bonds. The molecule has 0 spiro atoms. The number of amides is 1. The number of carbonyl (C=O) groups excluding carboxylic acids is 1. The summed E-state index contributed by atoms with van der Waals surface area (Å²) in [4.78, 5) is 12.5. The summed E-state index contributed by atoms with van der Waals surface area (Å²) in [6.45, 7) is 1.11. The predicted molar refractivity (Wildman–Crippen MR) is 105 cm³/mol. The Bertz CT molecular complexity index is 869. The minimum absolute atomic E-state index is 0. The molecule has 27 heavy (non-hydrogen) atoms. The van der Waals surface area contributed by atoms with E-state index in [1.165, 1.54) is 31.5 Å². The standard InChI is InChI=1S/C16H22N4O5S.ClH/c1-18-26(22,23)13-3-4-14(19-5-6-24-2)15(8-13)20-16(21)11-7-12(9-17)25-10-11;/h3-4,7-8,10,18-19H,5-6,9,17H2,1-2H3,(H,20,21);1H. The lowest BCUT2D eigenvalue weighted by Crippen LogP contribution is -2.20. The molecule has 2 rings (SSSR count). The molecule has 1 heterocycles. The zero-order chi connectivity index (χ0) is 19.2. The lowest BCUT2D eigenvalue weighted by molar-refractivity contribution is 0.102. The van der Waals surface area contributed by atoms with E-state index in [1.807, 2.05) is 0 Å². The van der Waals surface area contributed by atoms with Gasteiger partial charge in [-0.3, -0.25) is 4.79 Å². The van der Waals surface area contributed by atoms with Crippen molar-refractivity contribution in [3.8, 4) is 0 Å². The first kappa shape index (κ1) is 22.9. The number of ether oxygens (including phenoxy) is 1. The minimum atomic E-state index is -3.65. The molecular formula is C16H23ClN4O5S. The number of sulfonamides is 1. The van der Waals surface area contributed by atoms with E-state index in [0.717, 1.165) is 0 Å². The number of methoxy groups -OCH3 is 1. The van der Waals surface area contributed by atoms with Crippen molar-refractivity contribution < 1.29 is 22.4 Å². The number of furan rings is 1. The van der Waals surface area contributed by atoms with Crippen molar-refractivity contribution in [2.45, 2.75) is 11.4 Å².